The van der Waals surface area contributed by atoms with Crippen molar-refractivity contribution in [1.82, 2.24) is 5.32 Å². The molecular formula is C13H27NO3. The average Bonchev–Trinajstić information content (AvgIpc) is 2.36. The fourth-order valence-electron chi connectivity index (χ4n) is 2.45. The van der Waals surface area contributed by atoms with Gasteiger partial charge in [-0.15, -0.1) is 0 Å². The second-order valence-corrected chi connectivity index (χ2v) is 4.92. The van der Waals surface area contributed by atoms with E-state index in [9.17, 15) is 0 Å². The number of methoxy groups -OCH3 is 2. The average molecular weight is 245 g/mol. The Bertz CT molecular complexity index is 182. The van der Waals surface area contributed by atoms with Gasteiger partial charge < -0.3 is 19.5 Å². The lowest BCUT2D eigenvalue weighted by molar-refractivity contribution is -0.0163. The van der Waals surface area contributed by atoms with Crippen LogP contribution in [0.15, 0.2) is 0 Å². The second-order valence-electron chi connectivity index (χ2n) is 4.92. The predicted molar refractivity (Wildman–Crippen MR) is 68.3 cm³/mol. The number of ether oxygens (including phenoxy) is 3. The van der Waals surface area contributed by atoms with Gasteiger partial charge in [0.1, 0.15) is 0 Å². The maximum atomic E-state index is 5.66. The van der Waals surface area contributed by atoms with Crippen molar-refractivity contribution in [3.63, 3.8) is 0 Å². The first-order chi connectivity index (χ1) is 8.33. The summed E-state index contributed by atoms with van der Waals surface area (Å²) in [5, 5.41) is 3.48. The molecule has 4 nitrogen and oxygen atoms in total. The van der Waals surface area contributed by atoms with Crippen molar-refractivity contribution in [2.45, 2.75) is 25.7 Å². The lowest BCUT2D eigenvalue weighted by Gasteiger charge is -2.37. The molecule has 1 saturated heterocycles. The van der Waals surface area contributed by atoms with Crippen LogP contribution in [0.5, 0.6) is 0 Å². The molecule has 0 aromatic rings. The molecule has 1 fully saturated rings. The Hall–Kier alpha value is -0.160. The van der Waals surface area contributed by atoms with Crippen LogP contribution in [0.25, 0.3) is 0 Å². The van der Waals surface area contributed by atoms with Crippen molar-refractivity contribution in [2.75, 3.05) is 53.7 Å². The first-order valence-electron chi connectivity index (χ1n) is 6.59. The standard InChI is InChI=1S/C13H27NO3/c1-15-8-3-5-13(6-4-9-17-12-13)11-14-7-10-16-2/h14H,3-12H2,1-2H3. The van der Waals surface area contributed by atoms with Gasteiger partial charge in [0.15, 0.2) is 0 Å². The van der Waals surface area contributed by atoms with E-state index in [-0.39, 0.29) is 0 Å². The summed E-state index contributed by atoms with van der Waals surface area (Å²) in [6.07, 6.45) is 4.74. The molecule has 1 heterocycles. The Morgan fingerprint density at radius 2 is 2.06 bits per heavy atom. The number of nitrogens with one attached hydrogen (secondary N) is 1. The molecule has 1 aliphatic rings. The normalized spacial score (nSPS) is 25.1. The lowest BCUT2D eigenvalue weighted by Crippen LogP contribution is -2.42. The fraction of sp³-hybridized carbons (Fsp3) is 1.00. The molecule has 1 N–H and O–H groups in total. The van der Waals surface area contributed by atoms with Crippen molar-refractivity contribution in [2.24, 2.45) is 5.41 Å². The molecule has 102 valence electrons. The molecule has 0 radical (unpaired) electrons. The Labute approximate surface area is 105 Å². The highest BCUT2D eigenvalue weighted by Crippen LogP contribution is 2.32. The summed E-state index contributed by atoms with van der Waals surface area (Å²) in [4.78, 5) is 0. The smallest absolute Gasteiger partial charge is 0.0587 e. The molecule has 0 aromatic carbocycles. The van der Waals surface area contributed by atoms with Gasteiger partial charge in [-0.1, -0.05) is 0 Å². The molecule has 1 atom stereocenters. The van der Waals surface area contributed by atoms with Crippen LogP contribution in [-0.4, -0.2) is 53.7 Å². The number of rotatable bonds is 9. The van der Waals surface area contributed by atoms with Crippen molar-refractivity contribution in [1.29, 1.82) is 0 Å². The number of hydrogen-bond donors (Lipinski definition) is 1. The van der Waals surface area contributed by atoms with Gasteiger partial charge in [-0.3, -0.25) is 0 Å². The first kappa shape index (κ1) is 14.9. The van der Waals surface area contributed by atoms with Crippen LogP contribution >= 0.6 is 0 Å². The molecular weight excluding hydrogens is 218 g/mol. The summed E-state index contributed by atoms with van der Waals surface area (Å²) < 4.78 is 15.8. The zero-order valence-electron chi connectivity index (χ0n) is 11.3. The Morgan fingerprint density at radius 1 is 1.24 bits per heavy atom. The monoisotopic (exact) mass is 245 g/mol. The molecule has 0 amide bonds. The third-order valence-electron chi connectivity index (χ3n) is 3.44. The summed E-state index contributed by atoms with van der Waals surface area (Å²) in [6, 6.07) is 0. The number of hydrogen-bond acceptors (Lipinski definition) is 4. The third kappa shape index (κ3) is 5.82. The topological polar surface area (TPSA) is 39.7 Å². The van der Waals surface area contributed by atoms with Gasteiger partial charge in [0.25, 0.3) is 0 Å². The molecule has 0 saturated carbocycles. The van der Waals surface area contributed by atoms with E-state index in [0.717, 1.165) is 45.9 Å². The second kappa shape index (κ2) is 8.86. The van der Waals surface area contributed by atoms with E-state index in [1.807, 2.05) is 0 Å². The zero-order chi connectivity index (χ0) is 12.4. The fourth-order valence-corrected chi connectivity index (χ4v) is 2.45. The van der Waals surface area contributed by atoms with Gasteiger partial charge in [0.2, 0.25) is 0 Å². The van der Waals surface area contributed by atoms with Crippen LogP contribution in [0.2, 0.25) is 0 Å². The minimum Gasteiger partial charge on any atom is -0.385 e. The quantitative estimate of drug-likeness (QED) is 0.624. The van der Waals surface area contributed by atoms with Crippen LogP contribution in [0.1, 0.15) is 25.7 Å². The highest BCUT2D eigenvalue weighted by molar-refractivity contribution is 4.84. The molecule has 0 spiro atoms. The van der Waals surface area contributed by atoms with Crippen molar-refractivity contribution < 1.29 is 14.2 Å². The summed E-state index contributed by atoms with van der Waals surface area (Å²) in [7, 11) is 3.50. The van der Waals surface area contributed by atoms with Crippen LogP contribution in [0.4, 0.5) is 0 Å². The highest BCUT2D eigenvalue weighted by atomic mass is 16.5. The van der Waals surface area contributed by atoms with Crippen LogP contribution in [0, 0.1) is 5.41 Å². The lowest BCUT2D eigenvalue weighted by atomic mass is 9.78. The molecule has 1 aliphatic heterocycles. The van der Waals surface area contributed by atoms with Crippen LogP contribution in [-0.2, 0) is 14.2 Å². The van der Waals surface area contributed by atoms with Gasteiger partial charge in [0.05, 0.1) is 13.2 Å². The molecule has 0 aromatic heterocycles. The SMILES string of the molecule is COCCCC1(CNCCOC)CCCOC1. The zero-order valence-corrected chi connectivity index (χ0v) is 11.3. The summed E-state index contributed by atoms with van der Waals surface area (Å²) in [5.41, 5.74) is 0.310. The van der Waals surface area contributed by atoms with Gasteiger partial charge in [0, 0.05) is 45.9 Å². The third-order valence-corrected chi connectivity index (χ3v) is 3.44. The molecule has 1 rings (SSSR count). The molecule has 0 aliphatic carbocycles. The maximum absolute atomic E-state index is 5.66. The van der Waals surface area contributed by atoms with E-state index >= 15 is 0 Å². The van der Waals surface area contributed by atoms with E-state index in [0.29, 0.717) is 5.41 Å². The molecule has 0 bridgehead atoms. The van der Waals surface area contributed by atoms with E-state index in [2.05, 4.69) is 5.32 Å². The molecule has 1 unspecified atom stereocenters. The molecule has 4 heteroatoms. The van der Waals surface area contributed by atoms with Crippen LogP contribution in [0.3, 0.4) is 0 Å². The summed E-state index contributed by atoms with van der Waals surface area (Å²) in [5.74, 6) is 0. The van der Waals surface area contributed by atoms with Crippen molar-refractivity contribution >= 4 is 0 Å². The summed E-state index contributed by atoms with van der Waals surface area (Å²) >= 11 is 0. The summed E-state index contributed by atoms with van der Waals surface area (Å²) in [6.45, 7) is 5.37. The Balaban J connectivity index is 2.29. The van der Waals surface area contributed by atoms with Gasteiger partial charge in [-0.2, -0.15) is 0 Å². The van der Waals surface area contributed by atoms with Crippen LogP contribution < -0.4 is 5.32 Å². The maximum Gasteiger partial charge on any atom is 0.0587 e. The van der Waals surface area contributed by atoms with E-state index in [1.165, 1.54) is 19.3 Å². The van der Waals surface area contributed by atoms with E-state index in [4.69, 9.17) is 14.2 Å². The van der Waals surface area contributed by atoms with Gasteiger partial charge in [-0.25, -0.2) is 0 Å². The minimum absolute atomic E-state index is 0.310. The highest BCUT2D eigenvalue weighted by Gasteiger charge is 2.31. The Morgan fingerprint density at radius 3 is 2.71 bits per heavy atom. The van der Waals surface area contributed by atoms with E-state index in [1.54, 1.807) is 14.2 Å². The largest absolute Gasteiger partial charge is 0.385 e. The van der Waals surface area contributed by atoms with Gasteiger partial charge in [-0.05, 0) is 25.7 Å². The van der Waals surface area contributed by atoms with E-state index < -0.39 is 0 Å². The van der Waals surface area contributed by atoms with Gasteiger partial charge >= 0.3 is 0 Å². The van der Waals surface area contributed by atoms with Crippen molar-refractivity contribution in [3.8, 4) is 0 Å². The predicted octanol–water partition coefficient (Wildman–Crippen LogP) is 1.45. The van der Waals surface area contributed by atoms with Crippen molar-refractivity contribution in [3.05, 3.63) is 0 Å². The Kier molecular flexibility index (Phi) is 7.77. The first-order valence-corrected chi connectivity index (χ1v) is 6.59. The minimum atomic E-state index is 0.310. The molecule has 17 heavy (non-hydrogen) atoms.